The number of hydrogen-bond acceptors (Lipinski definition) is 6. The number of fused-ring (bicyclic) bond motifs is 1. The van der Waals surface area contributed by atoms with Gasteiger partial charge >= 0.3 is 5.69 Å². The predicted octanol–water partition coefficient (Wildman–Crippen LogP) is 2.76. The van der Waals surface area contributed by atoms with Gasteiger partial charge in [0.2, 0.25) is 0 Å². The van der Waals surface area contributed by atoms with Gasteiger partial charge in [-0.25, -0.2) is 14.8 Å². The van der Waals surface area contributed by atoms with Crippen molar-refractivity contribution in [2.45, 2.75) is 51.9 Å². The van der Waals surface area contributed by atoms with E-state index < -0.39 is 0 Å². The van der Waals surface area contributed by atoms with E-state index in [4.69, 9.17) is 5.73 Å². The van der Waals surface area contributed by atoms with Crippen molar-refractivity contribution < 1.29 is 0 Å². The van der Waals surface area contributed by atoms with E-state index in [9.17, 15) is 9.59 Å². The zero-order chi connectivity index (χ0) is 22.9. The molecule has 170 valence electrons. The quantitative estimate of drug-likeness (QED) is 0.383. The van der Waals surface area contributed by atoms with Gasteiger partial charge in [0, 0.05) is 37.4 Å². The lowest BCUT2D eigenvalue weighted by Crippen LogP contribution is -2.34. The van der Waals surface area contributed by atoms with Crippen molar-refractivity contribution in [2.24, 2.45) is 5.73 Å². The van der Waals surface area contributed by atoms with E-state index in [-0.39, 0.29) is 17.3 Å². The molecule has 0 amide bonds. The van der Waals surface area contributed by atoms with E-state index in [2.05, 4.69) is 26.3 Å². The zero-order valence-corrected chi connectivity index (χ0v) is 18.5. The van der Waals surface area contributed by atoms with Gasteiger partial charge in [-0.15, -0.1) is 0 Å². The summed E-state index contributed by atoms with van der Waals surface area (Å²) >= 11 is 0. The van der Waals surface area contributed by atoms with Crippen molar-refractivity contribution in [3.63, 3.8) is 0 Å². The second kappa shape index (κ2) is 8.67. The van der Waals surface area contributed by atoms with Crippen LogP contribution in [0.15, 0.2) is 52.2 Å². The van der Waals surface area contributed by atoms with Crippen LogP contribution in [-0.4, -0.2) is 24.1 Å². The number of rotatable bonds is 8. The molecule has 0 aliphatic heterocycles. The summed E-state index contributed by atoms with van der Waals surface area (Å²) in [6.45, 7) is 3.82. The first kappa shape index (κ1) is 21.1. The van der Waals surface area contributed by atoms with Crippen molar-refractivity contribution in [1.82, 2.24) is 24.1 Å². The molecule has 4 aromatic rings. The molecule has 0 atom stereocenters. The largest absolute Gasteiger partial charge is 0.366 e. The van der Waals surface area contributed by atoms with Crippen LogP contribution in [0.25, 0.3) is 22.6 Å². The Kier molecular flexibility index (Phi) is 5.55. The van der Waals surface area contributed by atoms with Crippen LogP contribution in [0.1, 0.15) is 43.4 Å². The number of hydrogen-bond donors (Lipinski definition) is 3. The lowest BCUT2D eigenvalue weighted by Gasteiger charge is -2.10. The molecule has 1 fully saturated rings. The van der Waals surface area contributed by atoms with Crippen molar-refractivity contribution in [2.75, 3.05) is 5.32 Å². The van der Waals surface area contributed by atoms with Gasteiger partial charge in [0.05, 0.1) is 0 Å². The number of benzene rings is 1. The molecule has 9 nitrogen and oxygen atoms in total. The number of nitrogens with two attached hydrogens (primary N) is 1. The first-order valence-corrected chi connectivity index (χ1v) is 11.3. The third-order valence-electron chi connectivity index (χ3n) is 5.91. The van der Waals surface area contributed by atoms with E-state index in [0.717, 1.165) is 41.8 Å². The second-order valence-electron chi connectivity index (χ2n) is 8.43. The fourth-order valence-corrected chi connectivity index (χ4v) is 4.11. The van der Waals surface area contributed by atoms with E-state index in [0.29, 0.717) is 36.6 Å². The first-order chi connectivity index (χ1) is 16.1. The highest BCUT2D eigenvalue weighted by Crippen LogP contribution is 2.32. The molecule has 3 heterocycles. The van der Waals surface area contributed by atoms with Crippen molar-refractivity contribution in [3.8, 4) is 11.4 Å². The molecule has 9 heteroatoms. The fraction of sp³-hybridized carbons (Fsp3) is 0.333. The first-order valence-electron chi connectivity index (χ1n) is 11.3. The lowest BCUT2D eigenvalue weighted by molar-refractivity contribution is 0.655. The molecular formula is C24H27N7O2. The summed E-state index contributed by atoms with van der Waals surface area (Å²) < 4.78 is 3.21. The summed E-state index contributed by atoms with van der Waals surface area (Å²) in [7, 11) is 0. The molecule has 3 aromatic heterocycles. The molecule has 4 N–H and O–H groups in total. The number of nitrogens with one attached hydrogen (secondary N) is 2. The Morgan fingerprint density at radius 1 is 1.18 bits per heavy atom. The van der Waals surface area contributed by atoms with E-state index in [1.54, 1.807) is 6.20 Å². The van der Waals surface area contributed by atoms with Crippen molar-refractivity contribution in [3.05, 3.63) is 74.6 Å². The number of anilines is 1. The Morgan fingerprint density at radius 3 is 2.70 bits per heavy atom. The van der Waals surface area contributed by atoms with Crippen LogP contribution in [0.2, 0.25) is 0 Å². The smallest absolute Gasteiger partial charge is 0.330 e. The molecule has 1 saturated carbocycles. The van der Waals surface area contributed by atoms with Crippen LogP contribution in [-0.2, 0) is 19.6 Å². The van der Waals surface area contributed by atoms with Gasteiger partial charge in [0.1, 0.15) is 17.3 Å². The average Bonchev–Trinajstić information content (AvgIpc) is 3.60. The summed E-state index contributed by atoms with van der Waals surface area (Å²) in [5, 5.41) is 3.32. The number of aryl methyl sites for hydroxylation is 1. The Morgan fingerprint density at radius 2 is 2.00 bits per heavy atom. The third kappa shape index (κ3) is 4.07. The van der Waals surface area contributed by atoms with Gasteiger partial charge < -0.3 is 15.6 Å². The maximum atomic E-state index is 13.0. The maximum absolute atomic E-state index is 13.0. The van der Waals surface area contributed by atoms with Crippen LogP contribution < -0.4 is 22.3 Å². The molecule has 0 spiro atoms. The fourth-order valence-electron chi connectivity index (χ4n) is 4.11. The number of H-pyrrole nitrogens is 1. The molecule has 1 aliphatic carbocycles. The molecule has 0 saturated heterocycles. The van der Waals surface area contributed by atoms with Gasteiger partial charge in [-0.1, -0.05) is 31.2 Å². The minimum absolute atomic E-state index is 0.0111. The molecule has 0 bridgehead atoms. The molecule has 1 aliphatic rings. The molecule has 0 unspecified atom stereocenters. The van der Waals surface area contributed by atoms with Gasteiger partial charge in [0.15, 0.2) is 5.52 Å². The van der Waals surface area contributed by atoms with Crippen molar-refractivity contribution >= 4 is 17.0 Å². The predicted molar refractivity (Wildman–Crippen MR) is 128 cm³/mol. The number of pyridine rings is 1. The van der Waals surface area contributed by atoms with Crippen LogP contribution in [0, 0.1) is 0 Å². The van der Waals surface area contributed by atoms with Crippen LogP contribution in [0.3, 0.4) is 0 Å². The summed E-state index contributed by atoms with van der Waals surface area (Å²) in [6, 6.07) is 11.9. The SMILES string of the molecule is CCCn1c(-c2ccc(NCc3cccc(CN)c3)nc2)nc2c(=O)n(C3CC3)c(=O)[nH]c21. The Bertz CT molecular complexity index is 1410. The van der Waals surface area contributed by atoms with Gasteiger partial charge in [-0.3, -0.25) is 14.3 Å². The lowest BCUT2D eigenvalue weighted by atomic mass is 10.1. The third-order valence-corrected chi connectivity index (χ3v) is 5.91. The van der Waals surface area contributed by atoms with Gasteiger partial charge in [-0.05, 0) is 42.5 Å². The number of imidazole rings is 1. The molecular weight excluding hydrogens is 418 g/mol. The Labute approximate surface area is 190 Å². The standard InChI is InChI=1S/C24H27N7O2/c1-2-10-30-21(28-20-22(30)29-24(33)31(23(20)32)18-7-8-18)17-6-9-19(27-14-17)26-13-16-5-3-4-15(11-16)12-25/h3-6,9,11,14,18H,2,7-8,10,12-13,25H2,1H3,(H,26,27)(H,29,33). The second-order valence-corrected chi connectivity index (χ2v) is 8.43. The summed E-state index contributed by atoms with van der Waals surface area (Å²) in [5.41, 5.74) is 8.81. The van der Waals surface area contributed by atoms with E-state index >= 15 is 0 Å². The van der Waals surface area contributed by atoms with Crippen LogP contribution >= 0.6 is 0 Å². The normalized spacial score (nSPS) is 13.5. The Hall–Kier alpha value is -3.72. The minimum atomic E-state index is -0.366. The summed E-state index contributed by atoms with van der Waals surface area (Å²) in [5.74, 6) is 1.36. The highest BCUT2D eigenvalue weighted by molar-refractivity contribution is 5.76. The van der Waals surface area contributed by atoms with E-state index in [1.807, 2.05) is 41.8 Å². The zero-order valence-electron chi connectivity index (χ0n) is 18.5. The molecule has 33 heavy (non-hydrogen) atoms. The number of aromatic amines is 1. The molecule has 5 rings (SSSR count). The average molecular weight is 446 g/mol. The maximum Gasteiger partial charge on any atom is 0.330 e. The number of aromatic nitrogens is 5. The van der Waals surface area contributed by atoms with Gasteiger partial charge in [-0.2, -0.15) is 0 Å². The topological polar surface area (TPSA) is 124 Å². The van der Waals surface area contributed by atoms with Gasteiger partial charge in [0.25, 0.3) is 5.56 Å². The number of nitrogens with zero attached hydrogens (tertiary/aromatic N) is 4. The molecule has 0 radical (unpaired) electrons. The summed E-state index contributed by atoms with van der Waals surface area (Å²) in [4.78, 5) is 37.6. The molecule has 1 aromatic carbocycles. The van der Waals surface area contributed by atoms with Crippen LogP contribution in [0.5, 0.6) is 0 Å². The highest BCUT2D eigenvalue weighted by Gasteiger charge is 2.29. The van der Waals surface area contributed by atoms with Crippen LogP contribution in [0.4, 0.5) is 5.82 Å². The summed E-state index contributed by atoms with van der Waals surface area (Å²) in [6.07, 6.45) is 4.28. The highest BCUT2D eigenvalue weighted by atomic mass is 16.2. The van der Waals surface area contributed by atoms with E-state index in [1.165, 1.54) is 4.57 Å². The minimum Gasteiger partial charge on any atom is -0.366 e. The Balaban J connectivity index is 1.45. The monoisotopic (exact) mass is 445 g/mol. The van der Waals surface area contributed by atoms with Crippen molar-refractivity contribution in [1.29, 1.82) is 0 Å².